The van der Waals surface area contributed by atoms with Crippen LogP contribution in [0.5, 0.6) is 0 Å². The van der Waals surface area contributed by atoms with Crippen LogP contribution in [0.15, 0.2) is 48.5 Å². The molecule has 2 aromatic rings. The lowest BCUT2D eigenvalue weighted by Crippen LogP contribution is -2.39. The Kier molecular flexibility index (Phi) is 6.53. The zero-order chi connectivity index (χ0) is 18.4. The summed E-state index contributed by atoms with van der Waals surface area (Å²) < 4.78 is 18.1. The lowest BCUT2D eigenvalue weighted by molar-refractivity contribution is -0.136. The van der Waals surface area contributed by atoms with Gasteiger partial charge in [0, 0.05) is 12.6 Å². The first-order chi connectivity index (χ1) is 11.9. The molecule has 6 heteroatoms. The van der Waals surface area contributed by atoms with E-state index in [0.717, 1.165) is 17.7 Å². The van der Waals surface area contributed by atoms with Gasteiger partial charge >= 0.3 is 5.97 Å². The smallest absolute Gasteiger partial charge is 0.340 e. The maximum absolute atomic E-state index is 13.0. The van der Waals surface area contributed by atoms with Crippen LogP contribution in [0.1, 0.15) is 29.8 Å². The molecule has 0 bridgehead atoms. The van der Waals surface area contributed by atoms with E-state index in [1.54, 1.807) is 4.90 Å². The molecule has 0 aliphatic carbocycles. The summed E-state index contributed by atoms with van der Waals surface area (Å²) in [7, 11) is 0. The van der Waals surface area contributed by atoms with Gasteiger partial charge < -0.3 is 9.64 Å². The number of hydrogen-bond donors (Lipinski definition) is 0. The van der Waals surface area contributed by atoms with Gasteiger partial charge in [0.1, 0.15) is 5.82 Å². The van der Waals surface area contributed by atoms with Gasteiger partial charge in [0.2, 0.25) is 0 Å². The van der Waals surface area contributed by atoms with Crippen molar-refractivity contribution >= 4 is 23.5 Å². The van der Waals surface area contributed by atoms with Gasteiger partial charge in [-0.2, -0.15) is 0 Å². The van der Waals surface area contributed by atoms with Gasteiger partial charge in [0.25, 0.3) is 5.91 Å². The molecule has 0 aromatic heterocycles. The Bertz CT molecular complexity index is 750. The number of benzene rings is 2. The van der Waals surface area contributed by atoms with E-state index in [2.05, 4.69) is 0 Å². The van der Waals surface area contributed by atoms with Gasteiger partial charge in [-0.05, 0) is 37.6 Å². The molecule has 0 aliphatic rings. The predicted molar refractivity (Wildman–Crippen MR) is 93.8 cm³/mol. The molecule has 132 valence electrons. The van der Waals surface area contributed by atoms with Crippen molar-refractivity contribution in [2.45, 2.75) is 26.4 Å². The Morgan fingerprint density at radius 2 is 1.84 bits per heavy atom. The second-order valence-corrected chi connectivity index (χ2v) is 6.21. The molecule has 0 saturated heterocycles. The zero-order valence-corrected chi connectivity index (χ0v) is 14.8. The molecule has 0 atom stereocenters. The van der Waals surface area contributed by atoms with Crippen LogP contribution >= 0.6 is 11.6 Å². The van der Waals surface area contributed by atoms with Crippen LogP contribution < -0.4 is 0 Å². The normalized spacial score (nSPS) is 10.6. The summed E-state index contributed by atoms with van der Waals surface area (Å²) in [5, 5.41) is -0.0533. The van der Waals surface area contributed by atoms with Crippen molar-refractivity contribution in [1.29, 1.82) is 0 Å². The molecule has 1 amide bonds. The quantitative estimate of drug-likeness (QED) is 0.727. The summed E-state index contributed by atoms with van der Waals surface area (Å²) in [5.74, 6) is -1.63. The largest absolute Gasteiger partial charge is 0.452 e. The van der Waals surface area contributed by atoms with Crippen LogP contribution in [0.25, 0.3) is 0 Å². The van der Waals surface area contributed by atoms with E-state index in [1.165, 1.54) is 6.07 Å². The summed E-state index contributed by atoms with van der Waals surface area (Å²) in [4.78, 5) is 26.1. The molecule has 0 N–H and O–H groups in total. The highest BCUT2D eigenvalue weighted by molar-refractivity contribution is 6.33. The SMILES string of the molecule is CC(C)N(Cc1ccccc1)C(=O)COC(=O)c1ccc(F)cc1Cl. The first-order valence-corrected chi connectivity index (χ1v) is 8.22. The van der Waals surface area contributed by atoms with E-state index in [4.69, 9.17) is 16.3 Å². The minimum absolute atomic E-state index is 0.0232. The van der Waals surface area contributed by atoms with Crippen LogP contribution in [0.3, 0.4) is 0 Å². The van der Waals surface area contributed by atoms with Crippen LogP contribution in [-0.2, 0) is 16.1 Å². The molecule has 25 heavy (non-hydrogen) atoms. The molecule has 0 aliphatic heterocycles. The third-order valence-electron chi connectivity index (χ3n) is 3.62. The van der Waals surface area contributed by atoms with E-state index < -0.39 is 18.4 Å². The third kappa shape index (κ3) is 5.29. The van der Waals surface area contributed by atoms with Crippen molar-refractivity contribution in [3.63, 3.8) is 0 Å². The van der Waals surface area contributed by atoms with E-state index in [1.807, 2.05) is 44.2 Å². The van der Waals surface area contributed by atoms with Crippen molar-refractivity contribution in [3.8, 4) is 0 Å². The summed E-state index contributed by atoms with van der Waals surface area (Å²) in [6.07, 6.45) is 0. The number of esters is 1. The Labute approximate surface area is 151 Å². The molecular formula is C19H19ClFNO3. The van der Waals surface area contributed by atoms with Crippen LogP contribution in [0, 0.1) is 5.82 Å². The first-order valence-electron chi connectivity index (χ1n) is 7.84. The number of ether oxygens (including phenoxy) is 1. The zero-order valence-electron chi connectivity index (χ0n) is 14.0. The van der Waals surface area contributed by atoms with Crippen molar-refractivity contribution in [2.24, 2.45) is 0 Å². The Hall–Kier alpha value is -2.40. The second-order valence-electron chi connectivity index (χ2n) is 5.80. The summed E-state index contributed by atoms with van der Waals surface area (Å²) in [5.41, 5.74) is 1.01. The highest BCUT2D eigenvalue weighted by Crippen LogP contribution is 2.18. The van der Waals surface area contributed by atoms with E-state index in [9.17, 15) is 14.0 Å². The average Bonchev–Trinajstić information content (AvgIpc) is 2.58. The van der Waals surface area contributed by atoms with Crippen molar-refractivity contribution in [1.82, 2.24) is 4.90 Å². The van der Waals surface area contributed by atoms with Gasteiger partial charge in [-0.1, -0.05) is 41.9 Å². The molecule has 0 unspecified atom stereocenters. The molecule has 0 spiro atoms. The Morgan fingerprint density at radius 3 is 2.44 bits per heavy atom. The number of carbonyl (C=O) groups is 2. The standard InChI is InChI=1S/C19H19ClFNO3/c1-13(2)22(11-14-6-4-3-5-7-14)18(23)12-25-19(24)16-9-8-15(21)10-17(16)20/h3-10,13H,11-12H2,1-2H3. The minimum Gasteiger partial charge on any atom is -0.452 e. The number of amides is 1. The number of carbonyl (C=O) groups excluding carboxylic acids is 2. The fourth-order valence-corrected chi connectivity index (χ4v) is 2.53. The van der Waals surface area contributed by atoms with Gasteiger partial charge in [-0.25, -0.2) is 9.18 Å². The number of hydrogen-bond acceptors (Lipinski definition) is 3. The first kappa shape index (κ1) is 18.9. The highest BCUT2D eigenvalue weighted by Gasteiger charge is 2.20. The molecule has 0 fully saturated rings. The molecular weight excluding hydrogens is 345 g/mol. The Morgan fingerprint density at radius 1 is 1.16 bits per heavy atom. The van der Waals surface area contributed by atoms with Gasteiger partial charge in [-0.15, -0.1) is 0 Å². The molecule has 2 aromatic carbocycles. The van der Waals surface area contributed by atoms with Crippen molar-refractivity contribution in [3.05, 3.63) is 70.5 Å². The van der Waals surface area contributed by atoms with Crippen molar-refractivity contribution in [2.75, 3.05) is 6.61 Å². The fourth-order valence-electron chi connectivity index (χ4n) is 2.28. The van der Waals surface area contributed by atoms with Crippen LogP contribution in [0.2, 0.25) is 5.02 Å². The lowest BCUT2D eigenvalue weighted by Gasteiger charge is -2.26. The number of nitrogens with zero attached hydrogens (tertiary/aromatic N) is 1. The molecule has 0 heterocycles. The van der Waals surface area contributed by atoms with E-state index in [-0.39, 0.29) is 22.5 Å². The van der Waals surface area contributed by atoms with E-state index in [0.29, 0.717) is 6.54 Å². The van der Waals surface area contributed by atoms with Crippen LogP contribution in [-0.4, -0.2) is 29.4 Å². The minimum atomic E-state index is -0.762. The third-order valence-corrected chi connectivity index (χ3v) is 3.93. The summed E-state index contributed by atoms with van der Waals surface area (Å²) in [6, 6.07) is 12.9. The van der Waals surface area contributed by atoms with Crippen LogP contribution in [0.4, 0.5) is 4.39 Å². The molecule has 0 radical (unpaired) electrons. The molecule has 4 nitrogen and oxygen atoms in total. The van der Waals surface area contributed by atoms with Gasteiger partial charge in [0.05, 0.1) is 10.6 Å². The average molecular weight is 364 g/mol. The Balaban J connectivity index is 2.00. The maximum Gasteiger partial charge on any atom is 0.340 e. The molecule has 2 rings (SSSR count). The monoisotopic (exact) mass is 363 g/mol. The van der Waals surface area contributed by atoms with Gasteiger partial charge in [0.15, 0.2) is 6.61 Å². The van der Waals surface area contributed by atoms with Gasteiger partial charge in [-0.3, -0.25) is 4.79 Å². The van der Waals surface area contributed by atoms with E-state index >= 15 is 0 Å². The number of rotatable bonds is 6. The second kappa shape index (κ2) is 8.62. The lowest BCUT2D eigenvalue weighted by atomic mass is 10.2. The summed E-state index contributed by atoms with van der Waals surface area (Å²) >= 11 is 5.82. The topological polar surface area (TPSA) is 46.6 Å². The maximum atomic E-state index is 13.0. The highest BCUT2D eigenvalue weighted by atomic mass is 35.5. The predicted octanol–water partition coefficient (Wildman–Crippen LogP) is 4.07. The van der Waals surface area contributed by atoms with Crippen molar-refractivity contribution < 1.29 is 18.7 Å². The molecule has 0 saturated carbocycles. The number of halogens is 2. The fraction of sp³-hybridized carbons (Fsp3) is 0.263. The summed E-state index contributed by atoms with van der Waals surface area (Å²) in [6.45, 7) is 3.79.